The van der Waals surface area contributed by atoms with Gasteiger partial charge in [0.2, 0.25) is 0 Å². The summed E-state index contributed by atoms with van der Waals surface area (Å²) < 4.78 is 17.3. The van der Waals surface area contributed by atoms with Gasteiger partial charge in [-0.05, 0) is 67.1 Å². The number of hydrogen-bond acceptors (Lipinski definition) is 5. The number of carboxylic acids is 1. The number of nitrogens with one attached hydrogen (secondary N) is 1. The number of hydrogen-bond donors (Lipinski definition) is 2. The first-order chi connectivity index (χ1) is 15.9. The van der Waals surface area contributed by atoms with E-state index in [9.17, 15) is 9.90 Å². The molecule has 33 heavy (non-hydrogen) atoms. The van der Waals surface area contributed by atoms with Crippen molar-refractivity contribution in [2.75, 3.05) is 31.7 Å². The molecule has 6 nitrogen and oxygen atoms in total. The van der Waals surface area contributed by atoms with Gasteiger partial charge in [0.1, 0.15) is 11.3 Å². The van der Waals surface area contributed by atoms with Gasteiger partial charge in [0.15, 0.2) is 0 Å². The Kier molecular flexibility index (Phi) is 8.75. The Balaban J connectivity index is 1.99. The van der Waals surface area contributed by atoms with Crippen LogP contribution in [0.2, 0.25) is 0 Å². The third kappa shape index (κ3) is 5.87. The summed E-state index contributed by atoms with van der Waals surface area (Å²) in [6, 6.07) is 10.3. The molecule has 1 aliphatic rings. The molecule has 2 N–H and O–H groups in total. The van der Waals surface area contributed by atoms with Gasteiger partial charge in [-0.15, -0.1) is 0 Å². The molecule has 2 aromatic rings. The lowest BCUT2D eigenvalue weighted by molar-refractivity contribution is -0.145. The van der Waals surface area contributed by atoms with Crippen LogP contribution in [0.3, 0.4) is 0 Å². The SMILES string of the molecule is CCCCOCc1cc(NC2(C(=O)O)CCOCC2)ccc1-c1ccc(C)c(OCC)c1C. The number of aryl methyl sites for hydroxylation is 1. The Labute approximate surface area is 197 Å². The maximum absolute atomic E-state index is 12.1. The van der Waals surface area contributed by atoms with E-state index in [-0.39, 0.29) is 0 Å². The van der Waals surface area contributed by atoms with Gasteiger partial charge in [-0.2, -0.15) is 0 Å². The van der Waals surface area contributed by atoms with Crippen molar-refractivity contribution in [1.29, 1.82) is 0 Å². The largest absolute Gasteiger partial charge is 0.493 e. The Morgan fingerprint density at radius 2 is 1.85 bits per heavy atom. The number of aliphatic carboxylic acids is 1. The van der Waals surface area contributed by atoms with Crippen molar-refractivity contribution >= 4 is 11.7 Å². The van der Waals surface area contributed by atoms with E-state index in [0.717, 1.165) is 52.1 Å². The Hall–Kier alpha value is -2.57. The molecule has 0 atom stereocenters. The fraction of sp³-hybridized carbons (Fsp3) is 0.519. The molecule has 1 saturated heterocycles. The van der Waals surface area contributed by atoms with Crippen molar-refractivity contribution in [3.8, 4) is 16.9 Å². The van der Waals surface area contributed by atoms with Gasteiger partial charge in [-0.3, -0.25) is 0 Å². The van der Waals surface area contributed by atoms with Crippen LogP contribution in [0.4, 0.5) is 5.69 Å². The molecule has 0 saturated carbocycles. The lowest BCUT2D eigenvalue weighted by Crippen LogP contribution is -2.50. The second kappa shape index (κ2) is 11.5. The number of ether oxygens (including phenoxy) is 3. The van der Waals surface area contributed by atoms with E-state index in [0.29, 0.717) is 45.9 Å². The first-order valence-corrected chi connectivity index (χ1v) is 11.9. The summed E-state index contributed by atoms with van der Waals surface area (Å²) in [6.07, 6.45) is 2.95. The summed E-state index contributed by atoms with van der Waals surface area (Å²) >= 11 is 0. The topological polar surface area (TPSA) is 77.0 Å². The van der Waals surface area contributed by atoms with E-state index in [4.69, 9.17) is 14.2 Å². The fourth-order valence-corrected chi connectivity index (χ4v) is 4.36. The van der Waals surface area contributed by atoms with Crippen LogP contribution in [-0.4, -0.2) is 43.0 Å². The maximum atomic E-state index is 12.1. The van der Waals surface area contributed by atoms with Gasteiger partial charge >= 0.3 is 5.97 Å². The van der Waals surface area contributed by atoms with Gasteiger partial charge in [-0.25, -0.2) is 4.79 Å². The minimum Gasteiger partial charge on any atom is -0.493 e. The zero-order valence-electron chi connectivity index (χ0n) is 20.3. The number of carboxylic acid groups (broad SMARTS) is 1. The molecule has 0 aliphatic carbocycles. The van der Waals surface area contributed by atoms with E-state index in [1.165, 1.54) is 0 Å². The molecule has 0 spiro atoms. The van der Waals surface area contributed by atoms with Crippen LogP contribution >= 0.6 is 0 Å². The molecule has 0 amide bonds. The van der Waals surface area contributed by atoms with Gasteiger partial charge in [0, 0.05) is 38.3 Å². The molecule has 1 aliphatic heterocycles. The van der Waals surface area contributed by atoms with Crippen LogP contribution in [0, 0.1) is 13.8 Å². The summed E-state index contributed by atoms with van der Waals surface area (Å²) in [7, 11) is 0. The molecule has 6 heteroatoms. The van der Waals surface area contributed by atoms with E-state index in [1.54, 1.807) is 0 Å². The molecule has 180 valence electrons. The third-order valence-electron chi connectivity index (χ3n) is 6.33. The zero-order valence-corrected chi connectivity index (χ0v) is 20.3. The quantitative estimate of drug-likeness (QED) is 0.421. The van der Waals surface area contributed by atoms with E-state index in [2.05, 4.69) is 44.3 Å². The lowest BCUT2D eigenvalue weighted by atomic mass is 9.89. The van der Waals surface area contributed by atoms with Crippen molar-refractivity contribution in [2.24, 2.45) is 0 Å². The second-order valence-electron chi connectivity index (χ2n) is 8.72. The Morgan fingerprint density at radius 1 is 1.12 bits per heavy atom. The first kappa shape index (κ1) is 25.1. The predicted octanol–water partition coefficient (Wildman–Crippen LogP) is 5.73. The second-order valence-corrected chi connectivity index (χ2v) is 8.72. The van der Waals surface area contributed by atoms with E-state index >= 15 is 0 Å². The predicted molar refractivity (Wildman–Crippen MR) is 131 cm³/mol. The highest BCUT2D eigenvalue weighted by Crippen LogP contribution is 2.37. The highest BCUT2D eigenvalue weighted by molar-refractivity contribution is 5.84. The number of benzene rings is 2. The van der Waals surface area contributed by atoms with Crippen LogP contribution in [-0.2, 0) is 20.9 Å². The molecule has 1 heterocycles. The van der Waals surface area contributed by atoms with E-state index < -0.39 is 11.5 Å². The maximum Gasteiger partial charge on any atom is 0.329 e. The molecular formula is C27H37NO5. The minimum absolute atomic E-state index is 0.432. The molecule has 0 bridgehead atoms. The van der Waals surface area contributed by atoms with Crippen molar-refractivity contribution < 1.29 is 24.1 Å². The van der Waals surface area contributed by atoms with Gasteiger partial charge < -0.3 is 24.6 Å². The van der Waals surface area contributed by atoms with Crippen molar-refractivity contribution in [3.05, 3.63) is 47.0 Å². The molecule has 0 aromatic heterocycles. The molecule has 3 rings (SSSR count). The summed E-state index contributed by atoms with van der Waals surface area (Å²) in [4.78, 5) is 12.1. The molecular weight excluding hydrogens is 418 g/mol. The summed E-state index contributed by atoms with van der Waals surface area (Å²) in [5, 5.41) is 13.2. The number of rotatable bonds is 11. The standard InChI is InChI=1S/C27H37NO5/c1-5-7-14-32-18-21-17-22(28-27(26(29)30)12-15-31-16-13-27)9-11-24(21)23-10-8-19(3)25(20(23)4)33-6-2/h8-11,17,28H,5-7,12-16,18H2,1-4H3,(H,29,30). The lowest BCUT2D eigenvalue weighted by Gasteiger charge is -2.35. The highest BCUT2D eigenvalue weighted by atomic mass is 16.5. The van der Waals surface area contributed by atoms with Gasteiger partial charge in [-0.1, -0.05) is 31.5 Å². The fourth-order valence-electron chi connectivity index (χ4n) is 4.36. The first-order valence-electron chi connectivity index (χ1n) is 11.9. The molecule has 0 radical (unpaired) electrons. The van der Waals surface area contributed by atoms with Crippen LogP contribution in [0.5, 0.6) is 5.75 Å². The van der Waals surface area contributed by atoms with E-state index in [1.807, 2.05) is 19.1 Å². The summed E-state index contributed by atoms with van der Waals surface area (Å²) in [5.74, 6) is 0.0773. The van der Waals surface area contributed by atoms with Gasteiger partial charge in [0.05, 0.1) is 13.2 Å². The molecule has 0 unspecified atom stereocenters. The average Bonchev–Trinajstić information content (AvgIpc) is 2.81. The molecule has 2 aromatic carbocycles. The normalized spacial score (nSPS) is 15.3. The van der Waals surface area contributed by atoms with Crippen LogP contribution in [0.25, 0.3) is 11.1 Å². The minimum atomic E-state index is -1.01. The van der Waals surface area contributed by atoms with Gasteiger partial charge in [0.25, 0.3) is 0 Å². The average molecular weight is 456 g/mol. The Bertz CT molecular complexity index is 950. The highest BCUT2D eigenvalue weighted by Gasteiger charge is 2.40. The van der Waals surface area contributed by atoms with Crippen LogP contribution in [0.15, 0.2) is 30.3 Å². The van der Waals surface area contributed by atoms with Crippen molar-refractivity contribution in [2.45, 2.75) is 65.5 Å². The Morgan fingerprint density at radius 3 is 2.52 bits per heavy atom. The monoisotopic (exact) mass is 455 g/mol. The zero-order chi connectivity index (χ0) is 23.8. The van der Waals surface area contributed by atoms with Crippen LogP contribution < -0.4 is 10.1 Å². The summed E-state index contributed by atoms with van der Waals surface area (Å²) in [6.45, 7) is 10.9. The molecule has 1 fully saturated rings. The van der Waals surface area contributed by atoms with Crippen molar-refractivity contribution in [3.63, 3.8) is 0 Å². The number of anilines is 1. The number of carbonyl (C=O) groups is 1. The van der Waals surface area contributed by atoms with Crippen LogP contribution in [0.1, 0.15) is 56.2 Å². The third-order valence-corrected chi connectivity index (χ3v) is 6.33. The smallest absolute Gasteiger partial charge is 0.329 e. The van der Waals surface area contributed by atoms with Crippen molar-refractivity contribution in [1.82, 2.24) is 0 Å². The number of unbranched alkanes of at least 4 members (excludes halogenated alkanes) is 1. The summed E-state index contributed by atoms with van der Waals surface area (Å²) in [5.41, 5.74) is 5.18.